The second-order valence-electron chi connectivity index (χ2n) is 5.11. The number of hydrogen-bond acceptors (Lipinski definition) is 2. The van der Waals surface area contributed by atoms with Gasteiger partial charge in [-0.1, -0.05) is 11.6 Å². The van der Waals surface area contributed by atoms with Crippen LogP contribution in [-0.2, 0) is 6.54 Å². The molecule has 0 aromatic heterocycles. The molecule has 1 fully saturated rings. The van der Waals surface area contributed by atoms with E-state index in [1.54, 1.807) is 18.2 Å². The molecule has 0 spiro atoms. The molecule has 0 heterocycles. The molecule has 3 rings (SSSR count). The number of hydrogen-bond donors (Lipinski definition) is 1. The molecule has 0 bridgehead atoms. The van der Waals surface area contributed by atoms with Gasteiger partial charge in [0, 0.05) is 41.4 Å². The van der Waals surface area contributed by atoms with Crippen LogP contribution in [0.1, 0.15) is 18.4 Å². The molecule has 1 aliphatic carbocycles. The lowest BCUT2D eigenvalue weighted by Gasteiger charge is -2.12. The molecule has 0 amide bonds. The quantitative estimate of drug-likeness (QED) is 0.867. The molecule has 0 unspecified atom stereocenters. The monoisotopic (exact) mass is 309 g/mol. The molecular weight excluding hydrogens is 296 g/mol. The average molecular weight is 310 g/mol. The highest BCUT2D eigenvalue weighted by Crippen LogP contribution is 2.30. The Labute approximate surface area is 126 Å². The fraction of sp³-hybridized carbons (Fsp3) is 0.250. The Kier molecular flexibility index (Phi) is 4.08. The minimum absolute atomic E-state index is 0.127. The molecule has 0 saturated heterocycles. The highest BCUT2D eigenvalue weighted by Gasteiger charge is 2.20. The second-order valence-corrected chi connectivity index (χ2v) is 5.55. The van der Waals surface area contributed by atoms with E-state index in [1.165, 1.54) is 12.8 Å². The van der Waals surface area contributed by atoms with Gasteiger partial charge in [0.2, 0.25) is 0 Å². The third kappa shape index (κ3) is 3.93. The van der Waals surface area contributed by atoms with E-state index in [0.29, 0.717) is 23.4 Å². The minimum Gasteiger partial charge on any atom is -0.457 e. The van der Waals surface area contributed by atoms with Crippen molar-refractivity contribution in [2.75, 3.05) is 0 Å². The summed E-state index contributed by atoms with van der Waals surface area (Å²) in [5.41, 5.74) is 0.860. The van der Waals surface area contributed by atoms with Crippen molar-refractivity contribution in [3.8, 4) is 11.5 Å². The van der Waals surface area contributed by atoms with E-state index < -0.39 is 11.6 Å². The molecule has 1 N–H and O–H groups in total. The van der Waals surface area contributed by atoms with Gasteiger partial charge in [0.15, 0.2) is 0 Å². The van der Waals surface area contributed by atoms with E-state index in [-0.39, 0.29) is 5.75 Å². The molecule has 5 heteroatoms. The summed E-state index contributed by atoms with van der Waals surface area (Å²) in [7, 11) is 0. The first-order valence-electron chi connectivity index (χ1n) is 6.76. The number of rotatable bonds is 5. The van der Waals surface area contributed by atoms with Crippen molar-refractivity contribution in [1.82, 2.24) is 5.32 Å². The summed E-state index contributed by atoms with van der Waals surface area (Å²) in [5, 5.41) is 3.96. The van der Waals surface area contributed by atoms with Crippen molar-refractivity contribution in [2.24, 2.45) is 0 Å². The second kappa shape index (κ2) is 6.00. The molecule has 110 valence electrons. The van der Waals surface area contributed by atoms with E-state index in [4.69, 9.17) is 16.3 Å². The van der Waals surface area contributed by atoms with E-state index in [9.17, 15) is 8.78 Å². The number of benzene rings is 2. The predicted octanol–water partition coefficient (Wildman–Crippen LogP) is 4.66. The molecule has 1 aliphatic rings. The maximum Gasteiger partial charge on any atom is 0.133 e. The van der Waals surface area contributed by atoms with E-state index in [2.05, 4.69) is 5.32 Å². The van der Waals surface area contributed by atoms with Gasteiger partial charge in [-0.2, -0.15) is 0 Å². The minimum atomic E-state index is -0.670. The van der Waals surface area contributed by atoms with Crippen molar-refractivity contribution in [1.29, 1.82) is 0 Å². The Hall–Kier alpha value is -1.65. The summed E-state index contributed by atoms with van der Waals surface area (Å²) in [4.78, 5) is 0. The lowest BCUT2D eigenvalue weighted by atomic mass is 10.2. The molecule has 21 heavy (non-hydrogen) atoms. The first kappa shape index (κ1) is 14.3. The maximum atomic E-state index is 13.2. The normalized spacial score (nSPS) is 14.2. The van der Waals surface area contributed by atoms with Crippen molar-refractivity contribution >= 4 is 11.6 Å². The standard InChI is InChI=1S/C16H14ClF2NO/c17-11-1-4-16(10(5-11)9-20-14-2-3-14)21-15-7-12(18)6-13(19)8-15/h1,4-8,14,20H,2-3,9H2. The van der Waals surface area contributed by atoms with Gasteiger partial charge in [0.25, 0.3) is 0 Å². The Morgan fingerprint density at radius 1 is 1.10 bits per heavy atom. The first-order chi connectivity index (χ1) is 10.1. The van der Waals surface area contributed by atoms with Crippen molar-refractivity contribution in [3.63, 3.8) is 0 Å². The van der Waals surface area contributed by atoms with Crippen molar-refractivity contribution in [2.45, 2.75) is 25.4 Å². The Balaban J connectivity index is 1.82. The number of nitrogens with one attached hydrogen (secondary N) is 1. The molecule has 2 nitrogen and oxygen atoms in total. The Morgan fingerprint density at radius 3 is 2.48 bits per heavy atom. The number of ether oxygens (including phenoxy) is 1. The van der Waals surface area contributed by atoms with Gasteiger partial charge in [0.1, 0.15) is 23.1 Å². The van der Waals surface area contributed by atoms with Gasteiger partial charge in [-0.05, 0) is 31.0 Å². The lowest BCUT2D eigenvalue weighted by molar-refractivity contribution is 0.460. The zero-order chi connectivity index (χ0) is 14.8. The third-order valence-corrected chi connectivity index (χ3v) is 3.48. The van der Waals surface area contributed by atoms with Crippen LogP contribution < -0.4 is 10.1 Å². The van der Waals surface area contributed by atoms with Gasteiger partial charge in [0.05, 0.1) is 0 Å². The van der Waals surface area contributed by atoms with Crippen LogP contribution >= 0.6 is 11.6 Å². The summed E-state index contributed by atoms with van der Waals surface area (Å²) in [6, 6.07) is 8.84. The summed E-state index contributed by atoms with van der Waals surface area (Å²) < 4.78 is 32.0. The van der Waals surface area contributed by atoms with Crippen LogP contribution in [0.2, 0.25) is 5.02 Å². The molecule has 0 radical (unpaired) electrons. The first-order valence-corrected chi connectivity index (χ1v) is 7.14. The maximum absolute atomic E-state index is 13.2. The van der Waals surface area contributed by atoms with Crippen LogP contribution in [0, 0.1) is 11.6 Å². The van der Waals surface area contributed by atoms with Gasteiger partial charge >= 0.3 is 0 Å². The van der Waals surface area contributed by atoms with Crippen LogP contribution in [-0.4, -0.2) is 6.04 Å². The summed E-state index contributed by atoms with van der Waals surface area (Å²) in [5.74, 6) is -0.673. The molecule has 2 aromatic rings. The zero-order valence-electron chi connectivity index (χ0n) is 11.2. The predicted molar refractivity (Wildman–Crippen MR) is 77.7 cm³/mol. The topological polar surface area (TPSA) is 21.3 Å². The average Bonchev–Trinajstić information content (AvgIpc) is 3.22. The van der Waals surface area contributed by atoms with E-state index >= 15 is 0 Å². The number of halogens is 3. The van der Waals surface area contributed by atoms with Crippen molar-refractivity contribution in [3.05, 3.63) is 58.6 Å². The van der Waals surface area contributed by atoms with Crippen molar-refractivity contribution < 1.29 is 13.5 Å². The Morgan fingerprint density at radius 2 is 1.81 bits per heavy atom. The van der Waals surface area contributed by atoms with Gasteiger partial charge in [-0.25, -0.2) is 8.78 Å². The van der Waals surface area contributed by atoms with Gasteiger partial charge in [-0.15, -0.1) is 0 Å². The summed E-state index contributed by atoms with van der Waals surface area (Å²) in [6.07, 6.45) is 2.34. The summed E-state index contributed by atoms with van der Waals surface area (Å²) in [6.45, 7) is 0.609. The third-order valence-electron chi connectivity index (χ3n) is 3.24. The molecular formula is C16H14ClF2NO. The van der Waals surface area contributed by atoms with E-state index in [0.717, 1.165) is 23.8 Å². The van der Waals surface area contributed by atoms with Crippen LogP contribution in [0.25, 0.3) is 0 Å². The van der Waals surface area contributed by atoms with Crippen LogP contribution in [0.15, 0.2) is 36.4 Å². The zero-order valence-corrected chi connectivity index (χ0v) is 12.0. The fourth-order valence-corrected chi connectivity index (χ4v) is 2.24. The molecule has 0 atom stereocenters. The van der Waals surface area contributed by atoms with Gasteiger partial charge < -0.3 is 10.1 Å². The lowest BCUT2D eigenvalue weighted by Crippen LogP contribution is -2.15. The SMILES string of the molecule is Fc1cc(F)cc(Oc2ccc(Cl)cc2CNC2CC2)c1. The largest absolute Gasteiger partial charge is 0.457 e. The molecule has 2 aromatic carbocycles. The highest BCUT2D eigenvalue weighted by molar-refractivity contribution is 6.30. The fourth-order valence-electron chi connectivity index (χ4n) is 2.04. The molecule has 0 aliphatic heterocycles. The summed E-state index contributed by atoms with van der Waals surface area (Å²) >= 11 is 6.00. The Bertz CT molecular complexity index is 638. The van der Waals surface area contributed by atoms with E-state index in [1.807, 2.05) is 0 Å². The van der Waals surface area contributed by atoms with Crippen LogP contribution in [0.3, 0.4) is 0 Å². The van der Waals surface area contributed by atoms with Crippen LogP contribution in [0.4, 0.5) is 8.78 Å². The van der Waals surface area contributed by atoms with Gasteiger partial charge in [-0.3, -0.25) is 0 Å². The highest BCUT2D eigenvalue weighted by atomic mass is 35.5. The molecule has 1 saturated carbocycles. The van der Waals surface area contributed by atoms with Crippen LogP contribution in [0.5, 0.6) is 11.5 Å². The smallest absolute Gasteiger partial charge is 0.133 e.